The first-order chi connectivity index (χ1) is 8.24. The van der Waals surface area contributed by atoms with Crippen molar-refractivity contribution >= 4 is 5.91 Å². The average Bonchev–Trinajstić information content (AvgIpc) is 2.87. The van der Waals surface area contributed by atoms with E-state index in [1.807, 2.05) is 24.3 Å². The number of hydrogen-bond donors (Lipinski definition) is 0. The van der Waals surface area contributed by atoms with Crippen molar-refractivity contribution in [2.24, 2.45) is 0 Å². The number of likely N-dealkylation sites (N-methyl/N-ethyl adjacent to an activating group) is 1. The Bertz CT molecular complexity index is 425. The van der Waals surface area contributed by atoms with Crippen LogP contribution in [0.3, 0.4) is 0 Å². The second kappa shape index (κ2) is 5.15. The molecule has 0 spiro atoms. The van der Waals surface area contributed by atoms with Crippen LogP contribution in [0.2, 0.25) is 0 Å². The molecule has 0 heterocycles. The highest BCUT2D eigenvalue weighted by molar-refractivity contribution is 5.94. The van der Waals surface area contributed by atoms with E-state index < -0.39 is 0 Å². The molecule has 0 aliphatic heterocycles. The van der Waals surface area contributed by atoms with Gasteiger partial charge in [-0.3, -0.25) is 9.63 Å². The third-order valence-corrected chi connectivity index (χ3v) is 3.20. The fourth-order valence-electron chi connectivity index (χ4n) is 2.24. The van der Waals surface area contributed by atoms with Crippen LogP contribution in [-0.4, -0.2) is 25.1 Å². The highest BCUT2D eigenvalue weighted by Crippen LogP contribution is 2.35. The summed E-state index contributed by atoms with van der Waals surface area (Å²) in [6.07, 6.45) is 3.98. The lowest BCUT2D eigenvalue weighted by Crippen LogP contribution is -2.28. The lowest BCUT2D eigenvalue weighted by molar-refractivity contribution is -0.164. The molecule has 1 aromatic rings. The summed E-state index contributed by atoms with van der Waals surface area (Å²) in [5, 5.41) is 1.28. The fourth-order valence-corrected chi connectivity index (χ4v) is 2.24. The summed E-state index contributed by atoms with van der Waals surface area (Å²) < 4.78 is 0. The van der Waals surface area contributed by atoms with E-state index in [9.17, 15) is 4.79 Å². The molecular weight excluding hydrogens is 214 g/mol. The Kier molecular flexibility index (Phi) is 3.59. The molecule has 0 saturated heterocycles. The monoisotopic (exact) mass is 231 g/mol. The molecule has 0 bridgehead atoms. The molecule has 17 heavy (non-hydrogen) atoms. The van der Waals surface area contributed by atoms with Crippen LogP contribution in [0.5, 0.6) is 0 Å². The lowest BCUT2D eigenvalue weighted by Gasteiger charge is -2.19. The molecule has 1 unspecified atom stereocenters. The summed E-state index contributed by atoms with van der Waals surface area (Å²) >= 11 is 0. The number of rotatable bonds is 3. The molecule has 3 heteroatoms. The summed E-state index contributed by atoms with van der Waals surface area (Å²) in [5.74, 6) is 0.167. The quantitative estimate of drug-likeness (QED) is 0.748. The van der Waals surface area contributed by atoms with E-state index in [1.54, 1.807) is 7.05 Å². The van der Waals surface area contributed by atoms with Gasteiger partial charge in [0.25, 0.3) is 5.91 Å². The first kappa shape index (κ1) is 11.9. The number of hydrogen-bond acceptors (Lipinski definition) is 2. The van der Waals surface area contributed by atoms with E-state index in [-0.39, 0.29) is 11.8 Å². The Morgan fingerprint density at radius 3 is 2.71 bits per heavy atom. The standard InChI is InChI=1S/C14H17NO2/c1-15(17-2)14(16)13-10-6-9-12(13)11-7-4-3-5-8-11/h3-5,7-8,10,12H,6,9H2,1-2H3. The second-order valence-corrected chi connectivity index (χ2v) is 4.19. The topological polar surface area (TPSA) is 29.5 Å². The van der Waals surface area contributed by atoms with Crippen LogP contribution < -0.4 is 0 Å². The van der Waals surface area contributed by atoms with Gasteiger partial charge in [-0.1, -0.05) is 36.4 Å². The number of benzene rings is 1. The van der Waals surface area contributed by atoms with Gasteiger partial charge < -0.3 is 0 Å². The van der Waals surface area contributed by atoms with E-state index in [4.69, 9.17) is 4.84 Å². The smallest absolute Gasteiger partial charge is 0.273 e. The van der Waals surface area contributed by atoms with Crippen LogP contribution in [0, 0.1) is 0 Å². The Morgan fingerprint density at radius 2 is 2.06 bits per heavy atom. The summed E-state index contributed by atoms with van der Waals surface area (Å²) in [7, 11) is 3.15. The van der Waals surface area contributed by atoms with E-state index in [1.165, 1.54) is 17.7 Å². The molecule has 0 radical (unpaired) electrons. The normalized spacial score (nSPS) is 18.9. The van der Waals surface area contributed by atoms with Crippen molar-refractivity contribution in [1.29, 1.82) is 0 Å². The maximum Gasteiger partial charge on any atom is 0.273 e. The predicted molar refractivity (Wildman–Crippen MR) is 66.3 cm³/mol. The maximum absolute atomic E-state index is 12.1. The zero-order valence-electron chi connectivity index (χ0n) is 10.2. The van der Waals surface area contributed by atoms with Crippen LogP contribution in [0.4, 0.5) is 0 Å². The van der Waals surface area contributed by atoms with Gasteiger partial charge in [0.2, 0.25) is 0 Å². The largest absolute Gasteiger partial charge is 0.274 e. The molecule has 0 N–H and O–H groups in total. The zero-order valence-corrected chi connectivity index (χ0v) is 10.2. The van der Waals surface area contributed by atoms with Crippen molar-refractivity contribution in [2.45, 2.75) is 18.8 Å². The van der Waals surface area contributed by atoms with Gasteiger partial charge in [-0.15, -0.1) is 0 Å². The third-order valence-electron chi connectivity index (χ3n) is 3.20. The highest BCUT2D eigenvalue weighted by atomic mass is 16.7. The Morgan fingerprint density at radius 1 is 1.35 bits per heavy atom. The van der Waals surface area contributed by atoms with Crippen LogP contribution in [0.1, 0.15) is 24.3 Å². The van der Waals surface area contributed by atoms with Crippen molar-refractivity contribution < 1.29 is 9.63 Å². The Balaban J connectivity index is 2.21. The molecule has 0 aromatic heterocycles. The van der Waals surface area contributed by atoms with Gasteiger partial charge in [-0.05, 0) is 18.4 Å². The minimum atomic E-state index is -0.0427. The van der Waals surface area contributed by atoms with Gasteiger partial charge in [0.05, 0.1) is 7.11 Å². The third kappa shape index (κ3) is 2.39. The molecule has 1 aliphatic carbocycles. The SMILES string of the molecule is CON(C)C(=O)C1=CCCC1c1ccccc1. The van der Waals surface area contributed by atoms with Crippen molar-refractivity contribution in [3.8, 4) is 0 Å². The van der Waals surface area contributed by atoms with Crippen molar-refractivity contribution in [3.05, 3.63) is 47.5 Å². The van der Waals surface area contributed by atoms with Gasteiger partial charge in [-0.25, -0.2) is 5.06 Å². The van der Waals surface area contributed by atoms with Crippen LogP contribution in [0.15, 0.2) is 42.0 Å². The highest BCUT2D eigenvalue weighted by Gasteiger charge is 2.28. The molecular formula is C14H17NO2. The van der Waals surface area contributed by atoms with Crippen LogP contribution in [-0.2, 0) is 9.63 Å². The minimum absolute atomic E-state index is 0.0427. The fraction of sp³-hybridized carbons (Fsp3) is 0.357. The van der Waals surface area contributed by atoms with Crippen molar-refractivity contribution in [2.75, 3.05) is 14.2 Å². The molecule has 1 aliphatic rings. The molecule has 90 valence electrons. The van der Waals surface area contributed by atoms with E-state index in [2.05, 4.69) is 12.1 Å². The first-order valence-corrected chi connectivity index (χ1v) is 5.81. The lowest BCUT2D eigenvalue weighted by atomic mass is 9.92. The van der Waals surface area contributed by atoms with Gasteiger partial charge in [-0.2, -0.15) is 0 Å². The maximum atomic E-state index is 12.1. The number of carbonyl (C=O) groups excluding carboxylic acids is 1. The number of amides is 1. The second-order valence-electron chi connectivity index (χ2n) is 4.19. The van der Waals surface area contributed by atoms with Gasteiger partial charge >= 0.3 is 0 Å². The van der Waals surface area contributed by atoms with Gasteiger partial charge in [0.1, 0.15) is 0 Å². The van der Waals surface area contributed by atoms with E-state index in [0.717, 1.165) is 18.4 Å². The molecule has 1 atom stereocenters. The summed E-state index contributed by atoms with van der Waals surface area (Å²) in [4.78, 5) is 17.0. The molecule has 2 rings (SSSR count). The average molecular weight is 231 g/mol. The molecule has 0 saturated carbocycles. The minimum Gasteiger partial charge on any atom is -0.274 e. The van der Waals surface area contributed by atoms with E-state index >= 15 is 0 Å². The summed E-state index contributed by atoms with van der Waals surface area (Å²) in [6.45, 7) is 0. The van der Waals surface area contributed by atoms with Crippen LogP contribution in [0.25, 0.3) is 0 Å². The Hall–Kier alpha value is -1.61. The summed E-state index contributed by atoms with van der Waals surface area (Å²) in [6, 6.07) is 10.2. The first-order valence-electron chi connectivity index (χ1n) is 5.81. The van der Waals surface area contributed by atoms with Gasteiger partial charge in [0.15, 0.2) is 0 Å². The van der Waals surface area contributed by atoms with Crippen LogP contribution >= 0.6 is 0 Å². The zero-order chi connectivity index (χ0) is 12.3. The van der Waals surface area contributed by atoms with E-state index in [0.29, 0.717) is 0 Å². The summed E-state index contributed by atoms with van der Waals surface area (Å²) in [5.41, 5.74) is 2.05. The molecule has 0 fully saturated rings. The Labute approximate surface area is 102 Å². The molecule has 1 amide bonds. The number of hydroxylamine groups is 2. The number of carbonyl (C=O) groups is 1. The molecule has 3 nitrogen and oxygen atoms in total. The van der Waals surface area contributed by atoms with Gasteiger partial charge in [0, 0.05) is 18.5 Å². The number of nitrogens with zero attached hydrogens (tertiary/aromatic N) is 1. The predicted octanol–water partition coefficient (Wildman–Crippen LogP) is 2.51. The molecule has 1 aromatic carbocycles. The van der Waals surface area contributed by atoms with Crippen molar-refractivity contribution in [1.82, 2.24) is 5.06 Å². The number of allylic oxidation sites excluding steroid dienone is 1. The van der Waals surface area contributed by atoms with Crippen molar-refractivity contribution in [3.63, 3.8) is 0 Å².